The number of hydrogen-bond donors (Lipinski definition) is 1. The Morgan fingerprint density at radius 2 is 1.86 bits per heavy atom. The molecule has 22 heavy (non-hydrogen) atoms. The molecule has 0 aliphatic carbocycles. The van der Waals surface area contributed by atoms with Crippen LogP contribution in [-0.4, -0.2) is 24.7 Å². The first-order chi connectivity index (χ1) is 10.5. The number of ether oxygens (including phenoxy) is 1. The van der Waals surface area contributed by atoms with Crippen LogP contribution in [0.15, 0.2) is 48.5 Å². The second-order valence-electron chi connectivity index (χ2n) is 5.70. The van der Waals surface area contributed by atoms with Gasteiger partial charge in [-0.2, -0.15) is 0 Å². The normalized spacial score (nSPS) is 20.4. The summed E-state index contributed by atoms with van der Waals surface area (Å²) in [7, 11) is 1.56. The van der Waals surface area contributed by atoms with Crippen LogP contribution in [0, 0.1) is 0 Å². The smallest absolute Gasteiger partial charge is 0.262 e. The van der Waals surface area contributed by atoms with E-state index in [-0.39, 0.29) is 5.91 Å². The number of hydrogen-bond acceptors (Lipinski definition) is 3. The molecule has 1 aliphatic heterocycles. The molecule has 0 spiro atoms. The highest BCUT2D eigenvalue weighted by atomic mass is 16.5. The second-order valence-corrected chi connectivity index (χ2v) is 5.70. The summed E-state index contributed by atoms with van der Waals surface area (Å²) in [6.45, 7) is 2.26. The van der Waals surface area contributed by atoms with Gasteiger partial charge in [0.15, 0.2) is 0 Å². The minimum Gasteiger partial charge on any atom is -0.496 e. The lowest BCUT2D eigenvalue weighted by Crippen LogP contribution is -2.42. The van der Waals surface area contributed by atoms with Gasteiger partial charge in [-0.3, -0.25) is 4.79 Å². The van der Waals surface area contributed by atoms with Gasteiger partial charge in [0.2, 0.25) is 0 Å². The lowest BCUT2D eigenvalue weighted by atomic mass is 9.87. The number of benzene rings is 2. The average Bonchev–Trinajstić information content (AvgIpc) is 2.54. The summed E-state index contributed by atoms with van der Waals surface area (Å²) < 4.78 is 5.29. The fourth-order valence-electron chi connectivity index (χ4n) is 2.93. The maximum absolute atomic E-state index is 12.9. The molecule has 114 valence electrons. The largest absolute Gasteiger partial charge is 0.496 e. The number of anilines is 1. The van der Waals surface area contributed by atoms with E-state index in [4.69, 9.17) is 4.74 Å². The molecule has 0 bridgehead atoms. The summed E-state index contributed by atoms with van der Waals surface area (Å²) in [5, 5.41) is 10.5. The fourth-order valence-corrected chi connectivity index (χ4v) is 2.93. The predicted molar refractivity (Wildman–Crippen MR) is 85.3 cm³/mol. The van der Waals surface area contributed by atoms with Gasteiger partial charge in [0, 0.05) is 12.1 Å². The number of para-hydroxylation sites is 2. The maximum Gasteiger partial charge on any atom is 0.262 e. The first-order valence-corrected chi connectivity index (χ1v) is 7.31. The minimum atomic E-state index is -0.909. The molecule has 1 N–H and O–H groups in total. The molecular weight excluding hydrogens is 278 g/mol. The molecule has 2 aromatic rings. The monoisotopic (exact) mass is 297 g/mol. The molecular formula is C18H19NO3. The van der Waals surface area contributed by atoms with Gasteiger partial charge in [-0.15, -0.1) is 0 Å². The Morgan fingerprint density at radius 1 is 1.18 bits per heavy atom. The van der Waals surface area contributed by atoms with Crippen molar-refractivity contribution >= 4 is 11.6 Å². The van der Waals surface area contributed by atoms with Crippen LogP contribution in [0.25, 0.3) is 0 Å². The summed E-state index contributed by atoms with van der Waals surface area (Å²) in [6.07, 6.45) is 0.505. The highest BCUT2D eigenvalue weighted by molar-refractivity contribution is 6.08. The molecule has 1 atom stereocenters. The van der Waals surface area contributed by atoms with Gasteiger partial charge in [-0.1, -0.05) is 30.3 Å². The van der Waals surface area contributed by atoms with E-state index in [0.29, 0.717) is 24.3 Å². The third-order valence-corrected chi connectivity index (χ3v) is 4.18. The number of rotatable bonds is 2. The zero-order valence-electron chi connectivity index (χ0n) is 12.7. The highest BCUT2D eigenvalue weighted by Gasteiger charge is 2.35. The quantitative estimate of drug-likeness (QED) is 0.927. The third kappa shape index (κ3) is 2.35. The van der Waals surface area contributed by atoms with Crippen molar-refractivity contribution in [1.82, 2.24) is 0 Å². The summed E-state index contributed by atoms with van der Waals surface area (Å²) in [4.78, 5) is 14.6. The standard InChI is InChI=1S/C18H19NO3/c1-18(21)11-12-19(15-9-5-4-8-14(15)18)17(20)13-7-3-6-10-16(13)22-2/h3-10,21H,11-12H2,1-2H3. The van der Waals surface area contributed by atoms with Crippen LogP contribution in [0.2, 0.25) is 0 Å². The number of nitrogens with zero attached hydrogens (tertiary/aromatic N) is 1. The Kier molecular flexibility index (Phi) is 3.62. The molecule has 0 saturated heterocycles. The highest BCUT2D eigenvalue weighted by Crippen LogP contribution is 2.38. The molecule has 0 saturated carbocycles. The second kappa shape index (κ2) is 5.46. The molecule has 2 aromatic carbocycles. The van der Waals surface area contributed by atoms with Crippen LogP contribution in [0.4, 0.5) is 5.69 Å². The van der Waals surface area contributed by atoms with E-state index in [0.717, 1.165) is 11.3 Å². The molecule has 0 radical (unpaired) electrons. The first kappa shape index (κ1) is 14.6. The zero-order chi connectivity index (χ0) is 15.7. The first-order valence-electron chi connectivity index (χ1n) is 7.31. The van der Waals surface area contributed by atoms with Gasteiger partial charge in [0.1, 0.15) is 5.75 Å². The summed E-state index contributed by atoms with van der Waals surface area (Å²) in [6, 6.07) is 14.7. The number of carbonyl (C=O) groups is 1. The van der Waals surface area contributed by atoms with Gasteiger partial charge in [0.25, 0.3) is 5.91 Å². The summed E-state index contributed by atoms with van der Waals surface area (Å²) >= 11 is 0. The van der Waals surface area contributed by atoms with Crippen molar-refractivity contribution in [1.29, 1.82) is 0 Å². The SMILES string of the molecule is COc1ccccc1C(=O)N1CCC(C)(O)c2ccccc21. The molecule has 0 fully saturated rings. The zero-order valence-corrected chi connectivity index (χ0v) is 12.7. The van der Waals surface area contributed by atoms with E-state index >= 15 is 0 Å². The van der Waals surface area contributed by atoms with Crippen LogP contribution in [0.5, 0.6) is 5.75 Å². The van der Waals surface area contributed by atoms with E-state index in [1.807, 2.05) is 36.4 Å². The molecule has 1 aliphatic rings. The van der Waals surface area contributed by atoms with Crippen molar-refractivity contribution in [2.75, 3.05) is 18.6 Å². The molecule has 4 nitrogen and oxygen atoms in total. The average molecular weight is 297 g/mol. The molecule has 1 unspecified atom stereocenters. The van der Waals surface area contributed by atoms with Crippen molar-refractivity contribution in [3.05, 3.63) is 59.7 Å². The van der Waals surface area contributed by atoms with Gasteiger partial charge in [0.05, 0.1) is 24.0 Å². The van der Waals surface area contributed by atoms with Gasteiger partial charge in [-0.05, 0) is 31.5 Å². The maximum atomic E-state index is 12.9. The lowest BCUT2D eigenvalue weighted by Gasteiger charge is -2.38. The predicted octanol–water partition coefficient (Wildman–Crippen LogP) is 2.95. The van der Waals surface area contributed by atoms with E-state index in [9.17, 15) is 9.90 Å². The third-order valence-electron chi connectivity index (χ3n) is 4.18. The van der Waals surface area contributed by atoms with Gasteiger partial charge in [-0.25, -0.2) is 0 Å². The van der Waals surface area contributed by atoms with Crippen molar-refractivity contribution in [2.45, 2.75) is 18.9 Å². The number of aliphatic hydroxyl groups is 1. The van der Waals surface area contributed by atoms with Crippen molar-refractivity contribution < 1.29 is 14.6 Å². The van der Waals surface area contributed by atoms with Gasteiger partial charge >= 0.3 is 0 Å². The Hall–Kier alpha value is -2.33. The number of amides is 1. The minimum absolute atomic E-state index is 0.111. The molecule has 0 aromatic heterocycles. The van der Waals surface area contributed by atoms with E-state index in [1.54, 1.807) is 31.1 Å². The molecule has 3 rings (SSSR count). The van der Waals surface area contributed by atoms with Crippen LogP contribution >= 0.6 is 0 Å². The number of methoxy groups -OCH3 is 1. The van der Waals surface area contributed by atoms with Crippen LogP contribution in [-0.2, 0) is 5.60 Å². The lowest BCUT2D eigenvalue weighted by molar-refractivity contribution is 0.0450. The van der Waals surface area contributed by atoms with E-state index in [2.05, 4.69) is 0 Å². The van der Waals surface area contributed by atoms with E-state index in [1.165, 1.54) is 0 Å². The van der Waals surface area contributed by atoms with Crippen LogP contribution in [0.3, 0.4) is 0 Å². The molecule has 4 heteroatoms. The topological polar surface area (TPSA) is 49.8 Å². The number of fused-ring (bicyclic) bond motifs is 1. The summed E-state index contributed by atoms with van der Waals surface area (Å²) in [5.74, 6) is 0.447. The van der Waals surface area contributed by atoms with Crippen LogP contribution in [0.1, 0.15) is 29.3 Å². The Balaban J connectivity index is 2.04. The number of carbonyl (C=O) groups excluding carboxylic acids is 1. The Morgan fingerprint density at radius 3 is 2.64 bits per heavy atom. The summed E-state index contributed by atoms with van der Waals surface area (Å²) in [5.41, 5.74) is 1.16. The van der Waals surface area contributed by atoms with Gasteiger partial charge < -0.3 is 14.7 Å². The van der Waals surface area contributed by atoms with Crippen molar-refractivity contribution in [2.24, 2.45) is 0 Å². The molecule has 1 amide bonds. The van der Waals surface area contributed by atoms with Crippen LogP contribution < -0.4 is 9.64 Å². The fraction of sp³-hybridized carbons (Fsp3) is 0.278. The van der Waals surface area contributed by atoms with Crippen molar-refractivity contribution in [3.8, 4) is 5.75 Å². The molecule has 1 heterocycles. The Labute approximate surface area is 130 Å². The van der Waals surface area contributed by atoms with Crippen molar-refractivity contribution in [3.63, 3.8) is 0 Å². The van der Waals surface area contributed by atoms with E-state index < -0.39 is 5.60 Å². The Bertz CT molecular complexity index is 709.